The summed E-state index contributed by atoms with van der Waals surface area (Å²) in [6, 6.07) is 7.52. The molecule has 3 aromatic heterocycles. The van der Waals surface area contributed by atoms with Gasteiger partial charge in [0, 0.05) is 49.3 Å². The predicted octanol–water partition coefficient (Wildman–Crippen LogP) is 3.32. The Morgan fingerprint density at radius 2 is 2.03 bits per heavy atom. The Kier molecular flexibility index (Phi) is 9.38. The van der Waals surface area contributed by atoms with E-state index in [-0.39, 0.29) is 11.1 Å². The van der Waals surface area contributed by atoms with E-state index in [9.17, 15) is 9.59 Å². The Labute approximate surface area is 198 Å². The fourth-order valence-corrected chi connectivity index (χ4v) is 4.09. The number of rotatable bonds is 13. The van der Waals surface area contributed by atoms with Crippen molar-refractivity contribution in [1.29, 1.82) is 0 Å². The molecule has 0 amide bonds. The molecule has 9 heteroatoms. The van der Waals surface area contributed by atoms with Crippen LogP contribution in [0.4, 0.5) is 5.95 Å². The van der Waals surface area contributed by atoms with E-state index in [0.717, 1.165) is 54.5 Å². The second-order valence-corrected chi connectivity index (χ2v) is 9.37. The molecule has 178 valence electrons. The van der Waals surface area contributed by atoms with Crippen LogP contribution in [0.3, 0.4) is 0 Å². The van der Waals surface area contributed by atoms with Crippen LogP contribution in [0.1, 0.15) is 42.4 Å². The van der Waals surface area contributed by atoms with Crippen LogP contribution in [0.5, 0.6) is 0 Å². The van der Waals surface area contributed by atoms with E-state index in [0.29, 0.717) is 24.5 Å². The summed E-state index contributed by atoms with van der Waals surface area (Å²) < 4.78 is 7.51. The molecule has 3 rings (SSSR count). The topological polar surface area (TPSA) is 96.2 Å². The maximum absolute atomic E-state index is 12.5. The number of unbranched alkanes of at least 4 members (excludes halogenated alkanes) is 1. The highest BCUT2D eigenvalue weighted by Crippen LogP contribution is 2.16. The maximum atomic E-state index is 12.5. The maximum Gasteiger partial charge on any atom is 0.255 e. The Bertz CT molecular complexity index is 1140. The molecular weight excluding hydrogens is 438 g/mol. The Morgan fingerprint density at radius 3 is 2.76 bits per heavy atom. The summed E-state index contributed by atoms with van der Waals surface area (Å²) in [5.41, 5.74) is 1.11. The molecule has 2 N–H and O–H groups in total. The Balaban J connectivity index is 1.45. The second kappa shape index (κ2) is 12.5. The van der Waals surface area contributed by atoms with Gasteiger partial charge >= 0.3 is 0 Å². The number of thioether (sulfide) groups is 1. The van der Waals surface area contributed by atoms with Crippen molar-refractivity contribution in [2.24, 2.45) is 0 Å². The van der Waals surface area contributed by atoms with Crippen LogP contribution in [0.25, 0.3) is 0 Å². The van der Waals surface area contributed by atoms with E-state index in [1.807, 2.05) is 32.3 Å². The molecule has 3 aromatic rings. The zero-order valence-corrected chi connectivity index (χ0v) is 20.4. The summed E-state index contributed by atoms with van der Waals surface area (Å²) in [7, 11) is 4.03. The number of hydrogen-bond donors (Lipinski definition) is 2. The largest absolute Gasteiger partial charge is 0.464 e. The van der Waals surface area contributed by atoms with Crippen LogP contribution in [0.2, 0.25) is 0 Å². The van der Waals surface area contributed by atoms with Gasteiger partial charge in [-0.05, 0) is 44.3 Å². The molecule has 33 heavy (non-hydrogen) atoms. The van der Waals surface area contributed by atoms with Gasteiger partial charge < -0.3 is 19.2 Å². The average molecular weight is 472 g/mol. The van der Waals surface area contributed by atoms with E-state index in [1.54, 1.807) is 34.8 Å². The molecule has 0 saturated carbocycles. The fourth-order valence-electron chi connectivity index (χ4n) is 3.34. The summed E-state index contributed by atoms with van der Waals surface area (Å²) in [6.45, 7) is 4.28. The second-order valence-electron chi connectivity index (χ2n) is 8.27. The van der Waals surface area contributed by atoms with Crippen molar-refractivity contribution in [3.63, 3.8) is 0 Å². The smallest absolute Gasteiger partial charge is 0.255 e. The third-order valence-corrected chi connectivity index (χ3v) is 6.03. The zero-order chi connectivity index (χ0) is 23.6. The molecule has 0 radical (unpaired) electrons. The quantitative estimate of drug-likeness (QED) is 0.369. The van der Waals surface area contributed by atoms with E-state index < -0.39 is 0 Å². The van der Waals surface area contributed by atoms with E-state index in [2.05, 4.69) is 27.1 Å². The third kappa shape index (κ3) is 7.94. The van der Waals surface area contributed by atoms with Crippen LogP contribution >= 0.6 is 11.8 Å². The Hall–Kier alpha value is -2.78. The van der Waals surface area contributed by atoms with Gasteiger partial charge in [0.15, 0.2) is 0 Å². The molecule has 0 fully saturated rings. The number of aromatic amines is 1. The molecule has 0 unspecified atom stereocenters. The van der Waals surface area contributed by atoms with Crippen molar-refractivity contribution in [2.45, 2.75) is 45.0 Å². The number of pyridine rings is 1. The zero-order valence-electron chi connectivity index (χ0n) is 19.6. The number of aryl methyl sites for hydroxylation is 1. The van der Waals surface area contributed by atoms with Gasteiger partial charge in [-0.1, -0.05) is 13.3 Å². The fraction of sp³-hybridized carbons (Fsp3) is 0.458. The van der Waals surface area contributed by atoms with E-state index >= 15 is 0 Å². The van der Waals surface area contributed by atoms with Crippen molar-refractivity contribution in [2.75, 3.05) is 31.7 Å². The first-order valence-electron chi connectivity index (χ1n) is 11.3. The highest BCUT2D eigenvalue weighted by Gasteiger charge is 2.07. The molecule has 0 spiro atoms. The number of H-pyrrole nitrogens is 1. The van der Waals surface area contributed by atoms with Crippen LogP contribution < -0.4 is 16.4 Å². The molecule has 0 atom stereocenters. The van der Waals surface area contributed by atoms with Crippen molar-refractivity contribution >= 4 is 17.7 Å². The molecule has 0 aliphatic carbocycles. The lowest BCUT2D eigenvalue weighted by Gasteiger charge is -2.08. The lowest BCUT2D eigenvalue weighted by atomic mass is 10.1. The molecule has 8 nitrogen and oxygen atoms in total. The number of nitrogens with zero attached hydrogens (tertiary/aromatic N) is 3. The van der Waals surface area contributed by atoms with Crippen molar-refractivity contribution in [1.82, 2.24) is 19.4 Å². The molecule has 0 saturated heterocycles. The van der Waals surface area contributed by atoms with Gasteiger partial charge in [-0.15, -0.1) is 0 Å². The first-order chi connectivity index (χ1) is 15.9. The van der Waals surface area contributed by atoms with Crippen LogP contribution in [-0.2, 0) is 25.3 Å². The molecule has 0 aliphatic heterocycles. The van der Waals surface area contributed by atoms with E-state index in [1.165, 1.54) is 0 Å². The van der Waals surface area contributed by atoms with Crippen LogP contribution in [0.15, 0.2) is 50.7 Å². The van der Waals surface area contributed by atoms with Gasteiger partial charge in [0.05, 0.1) is 12.3 Å². The lowest BCUT2D eigenvalue weighted by molar-refractivity contribution is 0.344. The van der Waals surface area contributed by atoms with E-state index in [4.69, 9.17) is 4.42 Å². The van der Waals surface area contributed by atoms with Gasteiger partial charge in [0.25, 0.3) is 11.1 Å². The van der Waals surface area contributed by atoms with Crippen LogP contribution in [0, 0.1) is 0 Å². The molecular formula is C24H33N5O3S. The number of furan rings is 1. The average Bonchev–Trinajstić information content (AvgIpc) is 3.21. The lowest BCUT2D eigenvalue weighted by Crippen LogP contribution is -2.21. The van der Waals surface area contributed by atoms with Gasteiger partial charge in [0.1, 0.15) is 11.5 Å². The highest BCUT2D eigenvalue weighted by atomic mass is 32.2. The van der Waals surface area contributed by atoms with Gasteiger partial charge in [-0.25, -0.2) is 4.98 Å². The van der Waals surface area contributed by atoms with Crippen molar-refractivity contribution in [3.05, 3.63) is 80.0 Å². The summed E-state index contributed by atoms with van der Waals surface area (Å²) in [6.07, 6.45) is 5.76. The minimum Gasteiger partial charge on any atom is -0.464 e. The van der Waals surface area contributed by atoms with Gasteiger partial charge in [0.2, 0.25) is 5.95 Å². The number of nitrogens with one attached hydrogen (secondary N) is 2. The molecule has 0 aliphatic rings. The van der Waals surface area contributed by atoms with Crippen LogP contribution in [-0.4, -0.2) is 45.8 Å². The molecule has 3 heterocycles. The first kappa shape index (κ1) is 24.9. The normalized spacial score (nSPS) is 11.3. The monoisotopic (exact) mass is 471 g/mol. The summed E-state index contributed by atoms with van der Waals surface area (Å²) >= 11 is 1.75. The standard InChI is InChI=1S/C24H33N5O3S/c1-4-5-10-29-11-8-18(14-22(29)30)13-19-15-26-24(27-23(19)31)25-9-12-33-17-21-7-6-20(32-21)16-28(2)3/h6-8,11,14-15H,4-5,9-10,12-13,16-17H2,1-3H3,(H2,25,26,27,31). The SMILES string of the molecule is CCCCn1ccc(Cc2cnc(NCCSCc3ccc(CN(C)C)o3)[nH]c2=O)cc1=O. The van der Waals surface area contributed by atoms with Gasteiger partial charge in [-0.3, -0.25) is 14.6 Å². The van der Waals surface area contributed by atoms with Crippen molar-refractivity contribution in [3.8, 4) is 0 Å². The minimum absolute atomic E-state index is 0.0374. The highest BCUT2D eigenvalue weighted by molar-refractivity contribution is 7.98. The predicted molar refractivity (Wildman–Crippen MR) is 134 cm³/mol. The first-order valence-corrected chi connectivity index (χ1v) is 12.4. The summed E-state index contributed by atoms with van der Waals surface area (Å²) in [5.74, 6) is 4.03. The summed E-state index contributed by atoms with van der Waals surface area (Å²) in [5, 5.41) is 3.15. The summed E-state index contributed by atoms with van der Waals surface area (Å²) in [4.78, 5) is 33.9. The number of anilines is 1. The minimum atomic E-state index is -0.195. The Morgan fingerprint density at radius 1 is 1.21 bits per heavy atom. The molecule has 0 aromatic carbocycles. The van der Waals surface area contributed by atoms with Gasteiger partial charge in [-0.2, -0.15) is 11.8 Å². The number of aromatic nitrogens is 3. The third-order valence-electron chi connectivity index (χ3n) is 5.05. The molecule has 0 bridgehead atoms. The number of hydrogen-bond acceptors (Lipinski definition) is 7. The van der Waals surface area contributed by atoms with Crippen molar-refractivity contribution < 1.29 is 4.42 Å².